The predicted molar refractivity (Wildman–Crippen MR) is 94.6 cm³/mol. The molecule has 0 spiro atoms. The van der Waals surface area contributed by atoms with Gasteiger partial charge in [0.2, 0.25) is 11.1 Å². The highest BCUT2D eigenvalue weighted by Gasteiger charge is 2.35. The quantitative estimate of drug-likeness (QED) is 0.681. The average Bonchev–Trinajstić information content (AvgIpc) is 3.26. The van der Waals surface area contributed by atoms with E-state index in [2.05, 4.69) is 23.2 Å². The van der Waals surface area contributed by atoms with Gasteiger partial charge in [0.15, 0.2) is 5.82 Å². The number of carbonyl (C=O) groups is 1. The number of rotatable bonds is 4. The monoisotopic (exact) mass is 343 g/mol. The van der Waals surface area contributed by atoms with E-state index in [1.807, 2.05) is 30.0 Å². The Morgan fingerprint density at radius 1 is 1.33 bits per heavy atom. The molecule has 7 heteroatoms. The van der Waals surface area contributed by atoms with E-state index in [1.54, 1.807) is 4.68 Å². The molecule has 1 aliphatic carbocycles. The summed E-state index contributed by atoms with van der Waals surface area (Å²) >= 11 is 1.38. The van der Waals surface area contributed by atoms with E-state index >= 15 is 0 Å². The molecule has 2 aromatic rings. The molecule has 126 valence electrons. The fourth-order valence-corrected chi connectivity index (χ4v) is 4.12. The average molecular weight is 343 g/mol. The zero-order valence-electron chi connectivity index (χ0n) is 13.8. The number of thioether (sulfide) groups is 1. The molecule has 24 heavy (non-hydrogen) atoms. The molecule has 1 amide bonds. The van der Waals surface area contributed by atoms with Gasteiger partial charge < -0.3 is 10.7 Å². The normalized spacial score (nSPS) is 20.9. The second-order valence-electron chi connectivity index (χ2n) is 6.64. The van der Waals surface area contributed by atoms with Crippen LogP contribution in [0.1, 0.15) is 44.0 Å². The lowest BCUT2D eigenvalue weighted by Crippen LogP contribution is -2.40. The minimum absolute atomic E-state index is 0.0911. The third kappa shape index (κ3) is 2.56. The van der Waals surface area contributed by atoms with Gasteiger partial charge in [-0.15, -0.1) is 10.2 Å². The van der Waals surface area contributed by atoms with E-state index in [9.17, 15) is 4.79 Å². The first-order valence-corrected chi connectivity index (χ1v) is 9.22. The maximum absolute atomic E-state index is 13.0. The van der Waals surface area contributed by atoms with Crippen molar-refractivity contribution in [2.24, 2.45) is 0 Å². The minimum atomic E-state index is -0.267. The molecule has 0 saturated heterocycles. The molecular weight excluding hydrogens is 322 g/mol. The highest BCUT2D eigenvalue weighted by atomic mass is 32.2. The number of nitrogen functional groups attached to an aromatic ring is 1. The fourth-order valence-electron chi connectivity index (χ4n) is 3.29. The van der Waals surface area contributed by atoms with Crippen molar-refractivity contribution in [1.82, 2.24) is 14.9 Å². The van der Waals surface area contributed by atoms with E-state index in [0.29, 0.717) is 11.1 Å². The molecular formula is C17H21N5OS. The van der Waals surface area contributed by atoms with Crippen molar-refractivity contribution in [1.29, 1.82) is 0 Å². The van der Waals surface area contributed by atoms with Crippen molar-refractivity contribution in [2.45, 2.75) is 55.5 Å². The van der Waals surface area contributed by atoms with Crippen LogP contribution < -0.4 is 10.7 Å². The first-order chi connectivity index (χ1) is 11.6. The SMILES string of the molecule is C[C@H](Sc1nnc(C2CC2)n1N)C(=O)N1c2ccccc2C[C@@H]1C. The number of anilines is 1. The molecule has 2 atom stereocenters. The Labute approximate surface area is 145 Å². The van der Waals surface area contributed by atoms with Gasteiger partial charge in [0, 0.05) is 17.6 Å². The number of benzene rings is 1. The third-order valence-corrected chi connectivity index (χ3v) is 5.75. The van der Waals surface area contributed by atoms with E-state index < -0.39 is 0 Å². The summed E-state index contributed by atoms with van der Waals surface area (Å²) in [6.45, 7) is 4.00. The number of amides is 1. The van der Waals surface area contributed by atoms with Crippen molar-refractivity contribution >= 4 is 23.4 Å². The lowest BCUT2D eigenvalue weighted by Gasteiger charge is -2.25. The Morgan fingerprint density at radius 3 is 2.83 bits per heavy atom. The molecule has 1 aliphatic heterocycles. The van der Waals surface area contributed by atoms with Gasteiger partial charge in [0.05, 0.1) is 5.25 Å². The summed E-state index contributed by atoms with van der Waals surface area (Å²) in [5.74, 6) is 7.46. The summed E-state index contributed by atoms with van der Waals surface area (Å²) in [6, 6.07) is 8.29. The second kappa shape index (κ2) is 5.81. The van der Waals surface area contributed by atoms with Gasteiger partial charge in [-0.1, -0.05) is 30.0 Å². The van der Waals surface area contributed by atoms with Crippen LogP contribution in [-0.4, -0.2) is 32.1 Å². The molecule has 1 aromatic heterocycles. The van der Waals surface area contributed by atoms with Crippen molar-refractivity contribution in [2.75, 3.05) is 10.7 Å². The van der Waals surface area contributed by atoms with Gasteiger partial charge in [0.1, 0.15) is 0 Å². The number of aromatic nitrogens is 3. The second-order valence-corrected chi connectivity index (χ2v) is 7.94. The van der Waals surface area contributed by atoms with Crippen molar-refractivity contribution in [3.05, 3.63) is 35.7 Å². The summed E-state index contributed by atoms with van der Waals surface area (Å²) < 4.78 is 1.55. The Bertz CT molecular complexity index is 785. The minimum Gasteiger partial charge on any atom is -0.336 e. The van der Waals surface area contributed by atoms with Crippen LogP contribution in [0.2, 0.25) is 0 Å². The lowest BCUT2D eigenvalue weighted by molar-refractivity contribution is -0.118. The Morgan fingerprint density at radius 2 is 2.08 bits per heavy atom. The zero-order valence-corrected chi connectivity index (χ0v) is 14.7. The van der Waals surface area contributed by atoms with E-state index in [1.165, 1.54) is 17.3 Å². The van der Waals surface area contributed by atoms with Crippen LogP contribution in [0.15, 0.2) is 29.4 Å². The molecule has 4 rings (SSSR count). The van der Waals surface area contributed by atoms with Crippen molar-refractivity contribution in [3.63, 3.8) is 0 Å². The molecule has 2 N–H and O–H groups in total. The Hall–Kier alpha value is -2.02. The zero-order chi connectivity index (χ0) is 16.8. The molecule has 0 bridgehead atoms. The summed E-state index contributed by atoms with van der Waals surface area (Å²) in [5, 5.41) is 8.69. The number of nitrogens with two attached hydrogens (primary N) is 1. The maximum Gasteiger partial charge on any atom is 0.240 e. The number of hydrogen-bond acceptors (Lipinski definition) is 5. The van der Waals surface area contributed by atoms with Crippen LogP contribution in [0, 0.1) is 0 Å². The van der Waals surface area contributed by atoms with Crippen LogP contribution >= 0.6 is 11.8 Å². The van der Waals surface area contributed by atoms with Crippen LogP contribution in [0.3, 0.4) is 0 Å². The lowest BCUT2D eigenvalue weighted by atomic mass is 10.1. The van der Waals surface area contributed by atoms with Gasteiger partial charge in [-0.2, -0.15) is 0 Å². The molecule has 1 saturated carbocycles. The van der Waals surface area contributed by atoms with Gasteiger partial charge in [-0.25, -0.2) is 4.68 Å². The topological polar surface area (TPSA) is 77.0 Å². The molecule has 0 radical (unpaired) electrons. The fraction of sp³-hybridized carbons (Fsp3) is 0.471. The van der Waals surface area contributed by atoms with Crippen LogP contribution in [0.4, 0.5) is 5.69 Å². The van der Waals surface area contributed by atoms with E-state index in [4.69, 9.17) is 5.84 Å². The Balaban J connectivity index is 1.52. The summed E-state index contributed by atoms with van der Waals surface area (Å²) in [5.41, 5.74) is 2.25. The smallest absolute Gasteiger partial charge is 0.240 e. The largest absolute Gasteiger partial charge is 0.336 e. The first-order valence-electron chi connectivity index (χ1n) is 8.34. The van der Waals surface area contributed by atoms with E-state index in [-0.39, 0.29) is 17.2 Å². The molecule has 1 aromatic carbocycles. The highest BCUT2D eigenvalue weighted by Crippen LogP contribution is 2.40. The van der Waals surface area contributed by atoms with Crippen molar-refractivity contribution in [3.8, 4) is 0 Å². The predicted octanol–water partition coefficient (Wildman–Crippen LogP) is 2.33. The number of para-hydroxylation sites is 1. The number of nitrogens with zero attached hydrogens (tertiary/aromatic N) is 4. The Kier molecular flexibility index (Phi) is 3.75. The number of carbonyl (C=O) groups excluding carboxylic acids is 1. The summed E-state index contributed by atoms with van der Waals surface area (Å²) in [4.78, 5) is 14.9. The standard InChI is InChI=1S/C17H21N5OS/c1-10-9-13-5-3-4-6-14(13)21(10)16(23)11(2)24-17-20-19-15(22(17)18)12-7-8-12/h3-6,10-12H,7-9,18H2,1-2H3/t10-,11-/m0/s1. The molecule has 2 heterocycles. The highest BCUT2D eigenvalue weighted by molar-refractivity contribution is 8.00. The maximum atomic E-state index is 13.0. The van der Waals surface area contributed by atoms with E-state index in [0.717, 1.165) is 30.8 Å². The van der Waals surface area contributed by atoms with Gasteiger partial charge in [-0.3, -0.25) is 4.79 Å². The van der Waals surface area contributed by atoms with Crippen LogP contribution in [0.5, 0.6) is 0 Å². The first kappa shape index (κ1) is 15.5. The summed E-state index contributed by atoms with van der Waals surface area (Å²) in [6.07, 6.45) is 3.14. The molecule has 6 nitrogen and oxygen atoms in total. The molecule has 2 aliphatic rings. The van der Waals surface area contributed by atoms with Crippen LogP contribution in [0.25, 0.3) is 0 Å². The summed E-state index contributed by atoms with van der Waals surface area (Å²) in [7, 11) is 0. The third-order valence-electron chi connectivity index (χ3n) is 4.71. The van der Waals surface area contributed by atoms with Crippen molar-refractivity contribution < 1.29 is 4.79 Å². The van der Waals surface area contributed by atoms with Gasteiger partial charge in [0.25, 0.3) is 0 Å². The van der Waals surface area contributed by atoms with Crippen LogP contribution in [-0.2, 0) is 11.2 Å². The number of fused-ring (bicyclic) bond motifs is 1. The number of hydrogen-bond donors (Lipinski definition) is 1. The molecule has 0 unspecified atom stereocenters. The molecule has 1 fully saturated rings. The van der Waals surface area contributed by atoms with Gasteiger partial charge in [-0.05, 0) is 44.7 Å². The van der Waals surface area contributed by atoms with Gasteiger partial charge >= 0.3 is 0 Å².